The number of unbranched alkanes of at least 4 members (excludes halogenated alkanes) is 3. The number of hydrogen-bond acceptors (Lipinski definition) is 4. The van der Waals surface area contributed by atoms with Crippen molar-refractivity contribution in [3.63, 3.8) is 0 Å². The molecule has 0 saturated heterocycles. The predicted molar refractivity (Wildman–Crippen MR) is 126 cm³/mol. The van der Waals surface area contributed by atoms with Crippen LogP contribution in [0.25, 0.3) is 0 Å². The maximum absolute atomic E-state index is 11.6. The van der Waals surface area contributed by atoms with Gasteiger partial charge in [0.1, 0.15) is 0 Å². The first kappa shape index (κ1) is 25.6. The van der Waals surface area contributed by atoms with Gasteiger partial charge in [0.05, 0.1) is 18.3 Å². The van der Waals surface area contributed by atoms with Crippen molar-refractivity contribution in [3.8, 4) is 0 Å². The highest BCUT2D eigenvalue weighted by Crippen LogP contribution is 2.42. The minimum atomic E-state index is -0.398. The maximum Gasteiger partial charge on any atom is 0.306 e. The first-order chi connectivity index (χ1) is 14.9. The van der Waals surface area contributed by atoms with E-state index in [2.05, 4.69) is 31.2 Å². The van der Waals surface area contributed by atoms with E-state index in [1.165, 1.54) is 5.56 Å². The summed E-state index contributed by atoms with van der Waals surface area (Å²) in [6, 6.07) is 8.24. The molecule has 2 rings (SSSR count). The molecule has 174 valence electrons. The van der Waals surface area contributed by atoms with Gasteiger partial charge in [-0.15, -0.1) is 0 Å². The Labute approximate surface area is 188 Å². The van der Waals surface area contributed by atoms with Crippen LogP contribution in [0, 0.1) is 5.92 Å². The summed E-state index contributed by atoms with van der Waals surface area (Å²) >= 11 is 0. The monoisotopic (exact) mass is 430 g/mol. The second-order valence-electron chi connectivity index (χ2n) is 9.25. The van der Waals surface area contributed by atoms with E-state index in [4.69, 9.17) is 4.74 Å². The van der Waals surface area contributed by atoms with E-state index in [1.807, 2.05) is 26.0 Å². The minimum absolute atomic E-state index is 0.0489. The normalized spacial score (nSPS) is 22.3. The van der Waals surface area contributed by atoms with Crippen molar-refractivity contribution >= 4 is 5.97 Å². The number of esters is 1. The maximum atomic E-state index is 11.6. The fourth-order valence-electron chi connectivity index (χ4n) is 4.59. The second-order valence-corrected chi connectivity index (χ2v) is 9.25. The summed E-state index contributed by atoms with van der Waals surface area (Å²) in [6.45, 7) is 5.91. The smallest absolute Gasteiger partial charge is 0.306 e. The lowest BCUT2D eigenvalue weighted by Crippen LogP contribution is -2.17. The molecule has 0 bridgehead atoms. The Hall–Kier alpha value is -1.65. The Morgan fingerprint density at radius 1 is 1.13 bits per heavy atom. The largest absolute Gasteiger partial charge is 0.463 e. The Kier molecular flexibility index (Phi) is 11.3. The summed E-state index contributed by atoms with van der Waals surface area (Å²) in [5.41, 5.74) is 2.14. The van der Waals surface area contributed by atoms with Gasteiger partial charge in [0.25, 0.3) is 0 Å². The molecular formula is C27H42O4. The summed E-state index contributed by atoms with van der Waals surface area (Å²) < 4.78 is 5.15. The highest BCUT2D eigenvalue weighted by Gasteiger charge is 2.35. The third-order valence-corrected chi connectivity index (χ3v) is 6.27. The lowest BCUT2D eigenvalue weighted by atomic mass is 9.85. The summed E-state index contributed by atoms with van der Waals surface area (Å²) in [5.74, 6) is 0.454. The van der Waals surface area contributed by atoms with Crippen LogP contribution in [0.3, 0.4) is 0 Å². The molecule has 1 aromatic carbocycles. The van der Waals surface area contributed by atoms with Crippen molar-refractivity contribution in [2.45, 2.75) is 109 Å². The van der Waals surface area contributed by atoms with Gasteiger partial charge in [-0.3, -0.25) is 4.79 Å². The standard InChI is InChI=1S/C27H42O4/c1-4-5-8-12-24(28)21-14-16-23(17-15-21)27-22(18-19-25(27)29)11-9-6-7-10-13-26(30)31-20(2)3/h6,9,14-17,20,22,24-25,27-29H,4-5,7-8,10-13,18-19H2,1-3H3/b9-6-/t22-,24?,25+,27-/m0/s1. The molecule has 1 aromatic rings. The average molecular weight is 431 g/mol. The van der Waals surface area contributed by atoms with E-state index in [0.29, 0.717) is 12.3 Å². The fraction of sp³-hybridized carbons (Fsp3) is 0.667. The molecule has 2 N–H and O–H groups in total. The average Bonchev–Trinajstić information content (AvgIpc) is 3.10. The fourth-order valence-corrected chi connectivity index (χ4v) is 4.59. The van der Waals surface area contributed by atoms with Crippen LogP contribution in [0.15, 0.2) is 36.4 Å². The molecular weight excluding hydrogens is 388 g/mol. The van der Waals surface area contributed by atoms with Crippen molar-refractivity contribution in [2.75, 3.05) is 0 Å². The lowest BCUT2D eigenvalue weighted by molar-refractivity contribution is -0.147. The summed E-state index contributed by atoms with van der Waals surface area (Å²) in [5, 5.41) is 21.0. The molecule has 4 heteroatoms. The van der Waals surface area contributed by atoms with Crippen molar-refractivity contribution in [1.29, 1.82) is 0 Å². The number of carbonyl (C=O) groups is 1. The summed E-state index contributed by atoms with van der Waals surface area (Å²) in [4.78, 5) is 11.6. The van der Waals surface area contributed by atoms with E-state index >= 15 is 0 Å². The molecule has 1 aliphatic rings. The van der Waals surface area contributed by atoms with Crippen molar-refractivity contribution in [3.05, 3.63) is 47.5 Å². The minimum Gasteiger partial charge on any atom is -0.463 e. The Morgan fingerprint density at radius 2 is 1.87 bits per heavy atom. The molecule has 31 heavy (non-hydrogen) atoms. The third kappa shape index (κ3) is 8.78. The van der Waals surface area contributed by atoms with Crippen molar-refractivity contribution < 1.29 is 19.7 Å². The highest BCUT2D eigenvalue weighted by molar-refractivity contribution is 5.69. The zero-order valence-electron chi connectivity index (χ0n) is 19.6. The van der Waals surface area contributed by atoms with Crippen LogP contribution in [-0.2, 0) is 9.53 Å². The van der Waals surface area contributed by atoms with Gasteiger partial charge in [-0.05, 0) is 69.4 Å². The third-order valence-electron chi connectivity index (χ3n) is 6.27. The predicted octanol–water partition coefficient (Wildman–Crippen LogP) is 6.22. The zero-order valence-corrected chi connectivity index (χ0v) is 19.6. The molecule has 1 fully saturated rings. The zero-order chi connectivity index (χ0) is 22.6. The van der Waals surface area contributed by atoms with Gasteiger partial charge in [-0.25, -0.2) is 0 Å². The van der Waals surface area contributed by atoms with Crippen molar-refractivity contribution in [2.24, 2.45) is 5.92 Å². The number of hydrogen-bond donors (Lipinski definition) is 2. The highest BCUT2D eigenvalue weighted by atomic mass is 16.5. The van der Waals surface area contributed by atoms with Crippen LogP contribution < -0.4 is 0 Å². The molecule has 0 aromatic heterocycles. The topological polar surface area (TPSA) is 66.8 Å². The number of benzene rings is 1. The Morgan fingerprint density at radius 3 is 2.55 bits per heavy atom. The molecule has 0 radical (unpaired) electrons. The van der Waals surface area contributed by atoms with E-state index in [1.54, 1.807) is 0 Å². The van der Waals surface area contributed by atoms with Crippen LogP contribution in [0.1, 0.15) is 108 Å². The van der Waals surface area contributed by atoms with E-state index in [9.17, 15) is 15.0 Å². The molecule has 4 nitrogen and oxygen atoms in total. The molecule has 4 atom stereocenters. The van der Waals surface area contributed by atoms with Gasteiger partial charge in [-0.2, -0.15) is 0 Å². The van der Waals surface area contributed by atoms with Crippen LogP contribution in [0.4, 0.5) is 0 Å². The van der Waals surface area contributed by atoms with Gasteiger partial charge in [0.15, 0.2) is 0 Å². The molecule has 1 unspecified atom stereocenters. The number of aliphatic hydroxyl groups excluding tert-OH is 2. The molecule has 0 aliphatic heterocycles. The molecule has 0 amide bonds. The van der Waals surface area contributed by atoms with Gasteiger partial charge in [-0.1, -0.05) is 62.6 Å². The Bertz CT molecular complexity index is 664. The van der Waals surface area contributed by atoms with Gasteiger partial charge < -0.3 is 14.9 Å². The van der Waals surface area contributed by atoms with Crippen LogP contribution in [0.5, 0.6) is 0 Å². The van der Waals surface area contributed by atoms with Crippen molar-refractivity contribution in [1.82, 2.24) is 0 Å². The molecule has 1 saturated carbocycles. The second kappa shape index (κ2) is 13.7. The number of carbonyl (C=O) groups excluding carboxylic acids is 1. The SMILES string of the molecule is CCCCCC(O)c1ccc([C@@H]2[C@@H](C/C=C\CCCC(=O)OC(C)C)CC[C@H]2O)cc1. The van der Waals surface area contributed by atoms with E-state index in [0.717, 1.165) is 63.4 Å². The van der Waals surface area contributed by atoms with Gasteiger partial charge in [0, 0.05) is 12.3 Å². The molecule has 1 aliphatic carbocycles. The van der Waals surface area contributed by atoms with Crippen LogP contribution in [-0.4, -0.2) is 28.4 Å². The van der Waals surface area contributed by atoms with Gasteiger partial charge in [0.2, 0.25) is 0 Å². The Balaban J connectivity index is 1.83. The quantitative estimate of drug-likeness (QED) is 0.221. The molecule has 0 heterocycles. The number of aliphatic hydroxyl groups is 2. The first-order valence-electron chi connectivity index (χ1n) is 12.2. The number of ether oxygens (including phenoxy) is 1. The van der Waals surface area contributed by atoms with Crippen LogP contribution in [0.2, 0.25) is 0 Å². The van der Waals surface area contributed by atoms with Crippen LogP contribution >= 0.6 is 0 Å². The molecule has 0 spiro atoms. The number of rotatable bonds is 13. The summed E-state index contributed by atoms with van der Waals surface area (Å²) in [6.07, 6.45) is 12.7. The van der Waals surface area contributed by atoms with Gasteiger partial charge >= 0.3 is 5.97 Å². The van der Waals surface area contributed by atoms with E-state index < -0.39 is 6.10 Å². The lowest BCUT2D eigenvalue weighted by Gasteiger charge is -2.22. The first-order valence-corrected chi connectivity index (χ1v) is 12.2. The number of allylic oxidation sites excluding steroid dienone is 2. The van der Waals surface area contributed by atoms with E-state index in [-0.39, 0.29) is 24.1 Å². The summed E-state index contributed by atoms with van der Waals surface area (Å²) in [7, 11) is 0.